The number of carbonyl (C=O) groups is 1. The Hall–Kier alpha value is -3.88. The maximum absolute atomic E-state index is 12.7. The second-order valence-corrected chi connectivity index (χ2v) is 7.42. The molecule has 4 rings (SSSR count). The maximum Gasteiger partial charge on any atom is 0.246 e. The van der Waals surface area contributed by atoms with E-state index in [1.807, 2.05) is 17.0 Å². The van der Waals surface area contributed by atoms with Gasteiger partial charge in [-0.3, -0.25) is 9.78 Å². The summed E-state index contributed by atoms with van der Waals surface area (Å²) in [7, 11) is 3.16. The molecule has 2 N–H and O–H groups in total. The maximum atomic E-state index is 12.7. The van der Waals surface area contributed by atoms with Gasteiger partial charge in [0.2, 0.25) is 11.9 Å². The fraction of sp³-hybridized carbons (Fsp3) is 0.304. The van der Waals surface area contributed by atoms with Crippen LogP contribution < -0.4 is 20.1 Å². The van der Waals surface area contributed by atoms with Crippen molar-refractivity contribution in [1.82, 2.24) is 19.9 Å². The summed E-state index contributed by atoms with van der Waals surface area (Å²) in [6.07, 6.45) is 7.61. The van der Waals surface area contributed by atoms with Crippen LogP contribution in [0.5, 0.6) is 11.5 Å². The number of benzene rings is 1. The third-order valence-electron chi connectivity index (χ3n) is 5.41. The normalized spacial score (nSPS) is 14.6. The zero-order valence-corrected chi connectivity index (χ0v) is 18.2. The van der Waals surface area contributed by atoms with Crippen LogP contribution in [-0.2, 0) is 4.79 Å². The van der Waals surface area contributed by atoms with Gasteiger partial charge in [-0.15, -0.1) is 0 Å². The van der Waals surface area contributed by atoms with Crippen molar-refractivity contribution >= 4 is 34.7 Å². The first kappa shape index (κ1) is 21.4. The molecule has 0 bridgehead atoms. The molecule has 9 heteroatoms. The number of hydrogen-bond acceptors (Lipinski definition) is 8. The number of pyridine rings is 1. The molecule has 1 saturated heterocycles. The SMILES string of the molecule is COc1cc2nc(N3CCCN(C(=O)C=Cc4cccnc4)CC3)nc(N)c2cc1OC. The third-order valence-corrected chi connectivity index (χ3v) is 5.41. The van der Waals surface area contributed by atoms with Crippen molar-refractivity contribution in [2.24, 2.45) is 0 Å². The predicted octanol–water partition coefficient (Wildman–Crippen LogP) is 2.38. The van der Waals surface area contributed by atoms with Gasteiger partial charge in [0.1, 0.15) is 5.82 Å². The average molecular weight is 435 g/mol. The predicted molar refractivity (Wildman–Crippen MR) is 124 cm³/mol. The number of nitrogens with zero attached hydrogens (tertiary/aromatic N) is 5. The van der Waals surface area contributed by atoms with Gasteiger partial charge in [0.05, 0.1) is 19.7 Å². The standard InChI is InChI=1S/C23H26N6O3/c1-31-19-13-17-18(14-20(19)32-2)26-23(27-22(17)24)29-10-4-9-28(11-12-29)21(30)7-6-16-5-3-8-25-15-16/h3,5-8,13-15H,4,9-12H2,1-2H3,(H2,24,26,27). The van der Waals surface area contributed by atoms with Crippen LogP contribution in [0.25, 0.3) is 17.0 Å². The second kappa shape index (κ2) is 9.51. The number of hydrogen-bond donors (Lipinski definition) is 1. The molecule has 1 fully saturated rings. The van der Waals surface area contributed by atoms with E-state index < -0.39 is 0 Å². The molecule has 0 saturated carbocycles. The number of rotatable bonds is 5. The monoisotopic (exact) mass is 434 g/mol. The highest BCUT2D eigenvalue weighted by molar-refractivity contribution is 5.92. The van der Waals surface area contributed by atoms with Crippen LogP contribution in [-0.4, -0.2) is 66.2 Å². The van der Waals surface area contributed by atoms with E-state index in [1.165, 1.54) is 0 Å². The lowest BCUT2D eigenvalue weighted by atomic mass is 10.2. The summed E-state index contributed by atoms with van der Waals surface area (Å²) in [5, 5.41) is 0.707. The zero-order valence-electron chi connectivity index (χ0n) is 18.2. The van der Waals surface area contributed by atoms with Crippen LogP contribution in [0.15, 0.2) is 42.7 Å². The quantitative estimate of drug-likeness (QED) is 0.610. The fourth-order valence-electron chi connectivity index (χ4n) is 3.69. The first-order chi connectivity index (χ1) is 15.6. The molecule has 1 aliphatic heterocycles. The molecule has 9 nitrogen and oxygen atoms in total. The molecule has 166 valence electrons. The Bertz CT molecular complexity index is 1140. The Morgan fingerprint density at radius 3 is 2.66 bits per heavy atom. The lowest BCUT2D eigenvalue weighted by Crippen LogP contribution is -2.34. The summed E-state index contributed by atoms with van der Waals surface area (Å²) in [6.45, 7) is 2.59. The van der Waals surface area contributed by atoms with Gasteiger partial charge in [0.25, 0.3) is 0 Å². The van der Waals surface area contributed by atoms with Gasteiger partial charge in [0, 0.05) is 56.1 Å². The van der Waals surface area contributed by atoms with Crippen LogP contribution in [0.4, 0.5) is 11.8 Å². The van der Waals surface area contributed by atoms with Crippen LogP contribution in [0.3, 0.4) is 0 Å². The van der Waals surface area contributed by atoms with Gasteiger partial charge in [-0.2, -0.15) is 4.98 Å². The molecular formula is C23H26N6O3. The van der Waals surface area contributed by atoms with E-state index in [9.17, 15) is 4.79 Å². The molecular weight excluding hydrogens is 408 g/mol. The topological polar surface area (TPSA) is 107 Å². The summed E-state index contributed by atoms with van der Waals surface area (Å²) in [6, 6.07) is 7.33. The minimum absolute atomic E-state index is 0.0218. The van der Waals surface area contributed by atoms with Crippen LogP contribution >= 0.6 is 0 Å². The number of aromatic nitrogens is 3. The highest BCUT2D eigenvalue weighted by Crippen LogP contribution is 2.34. The molecule has 0 unspecified atom stereocenters. The molecule has 1 amide bonds. The largest absolute Gasteiger partial charge is 0.493 e. The minimum Gasteiger partial charge on any atom is -0.493 e. The minimum atomic E-state index is -0.0218. The van der Waals surface area contributed by atoms with Gasteiger partial charge in [0.15, 0.2) is 11.5 Å². The molecule has 3 aromatic rings. The first-order valence-corrected chi connectivity index (χ1v) is 10.4. The van der Waals surface area contributed by atoms with Crippen molar-refractivity contribution in [3.05, 3.63) is 48.3 Å². The van der Waals surface area contributed by atoms with Crippen molar-refractivity contribution in [3.63, 3.8) is 0 Å². The molecule has 0 atom stereocenters. The molecule has 0 spiro atoms. The molecule has 0 radical (unpaired) electrons. The number of ether oxygens (including phenoxy) is 2. The molecule has 3 heterocycles. The average Bonchev–Trinajstić information content (AvgIpc) is 3.09. The van der Waals surface area contributed by atoms with Crippen LogP contribution in [0.2, 0.25) is 0 Å². The van der Waals surface area contributed by atoms with E-state index in [1.54, 1.807) is 50.9 Å². The summed E-state index contributed by atoms with van der Waals surface area (Å²) in [4.78, 5) is 29.8. The Morgan fingerprint density at radius 2 is 1.91 bits per heavy atom. The molecule has 32 heavy (non-hydrogen) atoms. The zero-order chi connectivity index (χ0) is 22.5. The van der Waals surface area contributed by atoms with Crippen LogP contribution in [0, 0.1) is 0 Å². The lowest BCUT2D eigenvalue weighted by Gasteiger charge is -2.22. The van der Waals surface area contributed by atoms with E-state index in [-0.39, 0.29) is 5.91 Å². The lowest BCUT2D eigenvalue weighted by molar-refractivity contribution is -0.125. The highest BCUT2D eigenvalue weighted by Gasteiger charge is 2.21. The summed E-state index contributed by atoms with van der Waals surface area (Å²) >= 11 is 0. The Morgan fingerprint density at radius 1 is 1.09 bits per heavy atom. The Labute approximate surface area is 186 Å². The number of carbonyl (C=O) groups excluding carboxylic acids is 1. The van der Waals surface area contributed by atoms with Crippen molar-refractivity contribution in [2.45, 2.75) is 6.42 Å². The number of fused-ring (bicyclic) bond motifs is 1. The third kappa shape index (κ3) is 4.56. The Kier molecular flexibility index (Phi) is 6.34. The smallest absolute Gasteiger partial charge is 0.246 e. The number of anilines is 2. The summed E-state index contributed by atoms with van der Waals surface area (Å²) in [5.74, 6) is 2.06. The van der Waals surface area contributed by atoms with E-state index in [0.29, 0.717) is 53.8 Å². The number of nitrogens with two attached hydrogens (primary N) is 1. The van der Waals surface area contributed by atoms with Gasteiger partial charge >= 0.3 is 0 Å². The van der Waals surface area contributed by atoms with E-state index in [2.05, 4.69) is 14.9 Å². The van der Waals surface area contributed by atoms with Crippen molar-refractivity contribution in [3.8, 4) is 11.5 Å². The number of amides is 1. The van der Waals surface area contributed by atoms with E-state index in [0.717, 1.165) is 18.5 Å². The fourth-order valence-corrected chi connectivity index (χ4v) is 3.69. The first-order valence-electron chi connectivity index (χ1n) is 10.4. The van der Waals surface area contributed by atoms with Gasteiger partial charge in [-0.25, -0.2) is 4.98 Å². The van der Waals surface area contributed by atoms with Gasteiger partial charge in [-0.05, 0) is 30.2 Å². The second-order valence-electron chi connectivity index (χ2n) is 7.42. The van der Waals surface area contributed by atoms with E-state index in [4.69, 9.17) is 20.2 Å². The van der Waals surface area contributed by atoms with Crippen molar-refractivity contribution in [2.75, 3.05) is 51.0 Å². The highest BCUT2D eigenvalue weighted by atomic mass is 16.5. The van der Waals surface area contributed by atoms with Crippen molar-refractivity contribution in [1.29, 1.82) is 0 Å². The van der Waals surface area contributed by atoms with Gasteiger partial charge in [-0.1, -0.05) is 6.07 Å². The Balaban J connectivity index is 1.50. The van der Waals surface area contributed by atoms with Gasteiger partial charge < -0.3 is 25.0 Å². The summed E-state index contributed by atoms with van der Waals surface area (Å²) in [5.41, 5.74) is 7.81. The van der Waals surface area contributed by atoms with Crippen molar-refractivity contribution < 1.29 is 14.3 Å². The molecule has 2 aromatic heterocycles. The van der Waals surface area contributed by atoms with Crippen LogP contribution in [0.1, 0.15) is 12.0 Å². The summed E-state index contributed by atoms with van der Waals surface area (Å²) < 4.78 is 10.7. The number of nitrogen functional groups attached to an aromatic ring is 1. The van der Waals surface area contributed by atoms with E-state index >= 15 is 0 Å². The molecule has 0 aliphatic carbocycles. The molecule has 1 aromatic carbocycles. The molecule has 1 aliphatic rings. The number of methoxy groups -OCH3 is 2.